The van der Waals surface area contributed by atoms with Crippen LogP contribution in [0.5, 0.6) is 0 Å². The Balaban J connectivity index is 1.80. The lowest BCUT2D eigenvalue weighted by atomic mass is 10.2. The van der Waals surface area contributed by atoms with Crippen molar-refractivity contribution in [2.24, 2.45) is 0 Å². The molecule has 22 heavy (non-hydrogen) atoms. The predicted molar refractivity (Wildman–Crippen MR) is 79.4 cm³/mol. The molecule has 1 aliphatic heterocycles. The Morgan fingerprint density at radius 2 is 1.64 bits per heavy atom. The fourth-order valence-corrected chi connectivity index (χ4v) is 2.66. The van der Waals surface area contributed by atoms with Crippen LogP contribution in [0.4, 0.5) is 0 Å². The molecule has 0 unspecified atom stereocenters. The summed E-state index contributed by atoms with van der Waals surface area (Å²) < 4.78 is 1.10. The fraction of sp³-hybridized carbons (Fsp3) is 0.333. The van der Waals surface area contributed by atoms with Gasteiger partial charge in [0.1, 0.15) is 0 Å². The van der Waals surface area contributed by atoms with Gasteiger partial charge in [0.2, 0.25) is 11.8 Å². The molecule has 1 N–H and O–H groups in total. The van der Waals surface area contributed by atoms with Gasteiger partial charge in [0, 0.05) is 25.9 Å². The molecular weight excluding hydrogens is 286 g/mol. The first-order valence-corrected chi connectivity index (χ1v) is 7.13. The topological polar surface area (TPSA) is 92.2 Å². The number of likely N-dealkylation sites (tertiary alicyclic amines) is 1. The smallest absolute Gasteiger partial charge is 0.307 e. The largest absolute Gasteiger partial charge is 0.328 e. The van der Waals surface area contributed by atoms with Gasteiger partial charge in [0.15, 0.2) is 0 Å². The SMILES string of the molecule is O=C1CCC(=O)N1CCCn1c(=O)[nH]c2ccccc2c1=O. The van der Waals surface area contributed by atoms with Crippen molar-refractivity contribution < 1.29 is 9.59 Å². The highest BCUT2D eigenvalue weighted by molar-refractivity contribution is 6.01. The summed E-state index contributed by atoms with van der Waals surface area (Å²) >= 11 is 0. The van der Waals surface area contributed by atoms with E-state index in [2.05, 4.69) is 4.98 Å². The minimum absolute atomic E-state index is 0.163. The number of hydrogen-bond donors (Lipinski definition) is 1. The molecule has 1 aromatic heterocycles. The van der Waals surface area contributed by atoms with Crippen molar-refractivity contribution in [1.82, 2.24) is 14.5 Å². The van der Waals surface area contributed by atoms with Crippen LogP contribution in [0.15, 0.2) is 33.9 Å². The molecule has 0 bridgehead atoms. The number of nitrogens with zero attached hydrogens (tertiary/aromatic N) is 2. The maximum absolute atomic E-state index is 12.3. The number of aromatic amines is 1. The molecule has 1 fully saturated rings. The first-order chi connectivity index (χ1) is 10.6. The highest BCUT2D eigenvalue weighted by Gasteiger charge is 2.28. The lowest BCUT2D eigenvalue weighted by molar-refractivity contribution is -0.138. The highest BCUT2D eigenvalue weighted by Crippen LogP contribution is 2.12. The molecular formula is C15H15N3O4. The molecule has 0 atom stereocenters. The van der Waals surface area contributed by atoms with Gasteiger partial charge in [-0.05, 0) is 18.6 Å². The van der Waals surface area contributed by atoms with E-state index in [1.54, 1.807) is 24.3 Å². The molecule has 7 heteroatoms. The summed E-state index contributed by atoms with van der Waals surface area (Å²) in [6.45, 7) is 0.395. The van der Waals surface area contributed by atoms with Gasteiger partial charge in [-0.25, -0.2) is 4.79 Å². The summed E-state index contributed by atoms with van der Waals surface area (Å²) in [5.74, 6) is -0.380. The number of amides is 2. The van der Waals surface area contributed by atoms with E-state index in [1.807, 2.05) is 0 Å². The van der Waals surface area contributed by atoms with Gasteiger partial charge in [-0.15, -0.1) is 0 Å². The molecule has 2 aromatic rings. The molecule has 3 rings (SSSR count). The minimum Gasteiger partial charge on any atom is -0.307 e. The molecule has 0 saturated carbocycles. The van der Waals surface area contributed by atoms with E-state index in [9.17, 15) is 19.2 Å². The van der Waals surface area contributed by atoms with Crippen LogP contribution in [0, 0.1) is 0 Å². The third-order valence-electron chi connectivity index (χ3n) is 3.81. The van der Waals surface area contributed by atoms with Crippen LogP contribution in [0.1, 0.15) is 19.3 Å². The van der Waals surface area contributed by atoms with E-state index >= 15 is 0 Å². The third kappa shape index (κ3) is 2.45. The van der Waals surface area contributed by atoms with Crippen LogP contribution in [0.25, 0.3) is 10.9 Å². The van der Waals surface area contributed by atoms with Gasteiger partial charge in [0.25, 0.3) is 5.56 Å². The van der Waals surface area contributed by atoms with Gasteiger partial charge in [-0.1, -0.05) is 12.1 Å². The first-order valence-electron chi connectivity index (χ1n) is 7.13. The van der Waals surface area contributed by atoms with E-state index in [0.717, 1.165) is 4.57 Å². The van der Waals surface area contributed by atoms with Gasteiger partial charge in [-0.3, -0.25) is 23.9 Å². The van der Waals surface area contributed by atoms with Gasteiger partial charge >= 0.3 is 5.69 Å². The van der Waals surface area contributed by atoms with E-state index in [4.69, 9.17) is 0 Å². The molecule has 1 saturated heterocycles. The molecule has 2 heterocycles. The predicted octanol–water partition coefficient (Wildman–Crippen LogP) is 0.229. The molecule has 0 aliphatic carbocycles. The van der Waals surface area contributed by atoms with Gasteiger partial charge in [-0.2, -0.15) is 0 Å². The maximum atomic E-state index is 12.3. The van der Waals surface area contributed by atoms with Gasteiger partial charge < -0.3 is 4.98 Å². The Kier molecular flexibility index (Phi) is 3.62. The van der Waals surface area contributed by atoms with Crippen LogP contribution in [-0.2, 0) is 16.1 Å². The minimum atomic E-state index is -0.484. The second-order valence-electron chi connectivity index (χ2n) is 5.23. The summed E-state index contributed by atoms with van der Waals surface area (Å²) in [6, 6.07) is 6.79. The van der Waals surface area contributed by atoms with E-state index in [-0.39, 0.29) is 43.3 Å². The van der Waals surface area contributed by atoms with Crippen molar-refractivity contribution in [3.63, 3.8) is 0 Å². The van der Waals surface area contributed by atoms with Crippen molar-refractivity contribution in [3.8, 4) is 0 Å². The number of carbonyl (C=O) groups excluding carboxylic acids is 2. The molecule has 0 spiro atoms. The van der Waals surface area contributed by atoms with E-state index in [1.165, 1.54) is 4.90 Å². The number of aromatic nitrogens is 2. The number of hydrogen-bond acceptors (Lipinski definition) is 4. The van der Waals surface area contributed by atoms with Crippen LogP contribution in [-0.4, -0.2) is 32.8 Å². The van der Waals surface area contributed by atoms with Crippen molar-refractivity contribution in [2.75, 3.05) is 6.54 Å². The molecule has 0 radical (unpaired) electrons. The Labute approximate surface area is 125 Å². The summed E-state index contributed by atoms with van der Waals surface area (Å²) in [6.07, 6.45) is 0.865. The number of rotatable bonds is 4. The molecule has 7 nitrogen and oxygen atoms in total. The summed E-state index contributed by atoms with van der Waals surface area (Å²) in [7, 11) is 0. The number of nitrogens with one attached hydrogen (secondary N) is 1. The zero-order valence-electron chi connectivity index (χ0n) is 11.9. The Hall–Kier alpha value is -2.70. The Bertz CT molecular complexity index is 849. The van der Waals surface area contributed by atoms with E-state index < -0.39 is 5.69 Å². The standard InChI is InChI=1S/C15H15N3O4/c19-12-6-7-13(20)17(12)8-3-9-18-14(21)10-4-1-2-5-11(10)16-15(18)22/h1-2,4-5H,3,6-9H2,(H,16,22). The summed E-state index contributed by atoms with van der Waals surface area (Å²) in [5.41, 5.74) is -0.347. The monoisotopic (exact) mass is 301 g/mol. The Morgan fingerprint density at radius 1 is 0.955 bits per heavy atom. The van der Waals surface area contributed by atoms with Crippen LogP contribution in [0.2, 0.25) is 0 Å². The fourth-order valence-electron chi connectivity index (χ4n) is 2.66. The first kappa shape index (κ1) is 14.2. The van der Waals surface area contributed by atoms with Crippen LogP contribution in [0.3, 0.4) is 0 Å². The van der Waals surface area contributed by atoms with E-state index in [0.29, 0.717) is 17.3 Å². The van der Waals surface area contributed by atoms with Crippen molar-refractivity contribution in [2.45, 2.75) is 25.8 Å². The second kappa shape index (κ2) is 5.59. The number of imide groups is 1. The van der Waals surface area contributed by atoms with Gasteiger partial charge in [0.05, 0.1) is 10.9 Å². The zero-order valence-corrected chi connectivity index (χ0v) is 11.9. The van der Waals surface area contributed by atoms with Crippen molar-refractivity contribution in [3.05, 3.63) is 45.1 Å². The molecule has 114 valence electrons. The quantitative estimate of drug-likeness (QED) is 0.818. The molecule has 2 amide bonds. The molecule has 1 aliphatic rings. The number of para-hydroxylation sites is 1. The number of fused-ring (bicyclic) bond motifs is 1. The normalized spacial score (nSPS) is 15.0. The lowest BCUT2D eigenvalue weighted by Crippen LogP contribution is -2.37. The number of carbonyl (C=O) groups is 2. The molecule has 1 aromatic carbocycles. The van der Waals surface area contributed by atoms with Crippen molar-refractivity contribution in [1.29, 1.82) is 0 Å². The summed E-state index contributed by atoms with van der Waals surface area (Å²) in [4.78, 5) is 51.1. The average Bonchev–Trinajstić information content (AvgIpc) is 2.82. The third-order valence-corrected chi connectivity index (χ3v) is 3.81. The maximum Gasteiger partial charge on any atom is 0.328 e. The van der Waals surface area contributed by atoms with Crippen LogP contribution >= 0.6 is 0 Å². The highest BCUT2D eigenvalue weighted by atomic mass is 16.2. The number of H-pyrrole nitrogens is 1. The lowest BCUT2D eigenvalue weighted by Gasteiger charge is -2.13. The summed E-state index contributed by atoms with van der Waals surface area (Å²) in [5, 5.41) is 0.440. The van der Waals surface area contributed by atoms with Crippen LogP contribution < -0.4 is 11.2 Å². The van der Waals surface area contributed by atoms with Crippen molar-refractivity contribution >= 4 is 22.7 Å². The second-order valence-corrected chi connectivity index (χ2v) is 5.23. The average molecular weight is 301 g/mol. The Morgan fingerprint density at radius 3 is 2.36 bits per heavy atom. The number of benzene rings is 1. The zero-order chi connectivity index (χ0) is 15.7.